The molecule has 1 amide bonds. The third-order valence-electron chi connectivity index (χ3n) is 5.03. The summed E-state index contributed by atoms with van der Waals surface area (Å²) in [5.41, 5.74) is 2.05. The summed E-state index contributed by atoms with van der Waals surface area (Å²) >= 11 is 0. The number of nitriles is 1. The number of carbonyl (C=O) groups is 1. The smallest absolute Gasteiger partial charge is 0.410 e. The molecule has 0 aliphatic carbocycles. The van der Waals surface area contributed by atoms with Crippen molar-refractivity contribution < 1.29 is 14.3 Å². The fourth-order valence-corrected chi connectivity index (χ4v) is 3.48. The zero-order valence-electron chi connectivity index (χ0n) is 17.3. The first-order valence-corrected chi connectivity index (χ1v) is 9.92. The maximum atomic E-state index is 12.1. The largest absolute Gasteiger partial charge is 0.484 e. The lowest BCUT2D eigenvalue weighted by molar-refractivity contribution is 0.0652. The highest BCUT2D eigenvalue weighted by Crippen LogP contribution is 2.29. The van der Waals surface area contributed by atoms with Crippen molar-refractivity contribution in [3.05, 3.63) is 41.5 Å². The minimum absolute atomic E-state index is 0.0637. The molecule has 0 bridgehead atoms. The van der Waals surface area contributed by atoms with Crippen LogP contribution >= 0.6 is 0 Å². The lowest BCUT2D eigenvalue weighted by atomic mass is 10.0. The SMILES string of the molecule is Cc1ncccc1OC(C)c1cnn(C2CCN(C(=O)OC(C)C)CC2)c1C#N. The molecule has 1 fully saturated rings. The van der Waals surface area contributed by atoms with Crippen LogP contribution in [0.25, 0.3) is 0 Å². The molecule has 1 aliphatic heterocycles. The molecule has 1 unspecified atom stereocenters. The third kappa shape index (κ3) is 4.67. The molecule has 0 radical (unpaired) electrons. The van der Waals surface area contributed by atoms with Crippen molar-refractivity contribution in [3.8, 4) is 11.8 Å². The number of nitrogens with zero attached hydrogens (tertiary/aromatic N) is 5. The number of rotatable bonds is 5. The predicted molar refractivity (Wildman–Crippen MR) is 106 cm³/mol. The van der Waals surface area contributed by atoms with Crippen molar-refractivity contribution in [1.29, 1.82) is 5.26 Å². The Bertz CT molecular complexity index is 894. The van der Waals surface area contributed by atoms with E-state index in [1.165, 1.54) is 0 Å². The summed E-state index contributed by atoms with van der Waals surface area (Å²) < 4.78 is 13.1. The Morgan fingerprint density at radius 2 is 2.03 bits per heavy atom. The maximum absolute atomic E-state index is 12.1. The topological polar surface area (TPSA) is 93.3 Å². The quantitative estimate of drug-likeness (QED) is 0.762. The van der Waals surface area contributed by atoms with E-state index in [2.05, 4.69) is 16.2 Å². The second kappa shape index (κ2) is 8.95. The maximum Gasteiger partial charge on any atom is 0.410 e. The molecule has 8 nitrogen and oxygen atoms in total. The lowest BCUT2D eigenvalue weighted by Gasteiger charge is -2.32. The molecular weight excluding hydrogens is 370 g/mol. The normalized spacial score (nSPS) is 15.8. The molecule has 2 aromatic heterocycles. The number of pyridine rings is 1. The average molecular weight is 397 g/mol. The van der Waals surface area contributed by atoms with Crippen LogP contribution in [0.5, 0.6) is 5.75 Å². The van der Waals surface area contributed by atoms with E-state index in [0.29, 0.717) is 24.5 Å². The van der Waals surface area contributed by atoms with E-state index >= 15 is 0 Å². The summed E-state index contributed by atoms with van der Waals surface area (Å²) in [6, 6.07) is 6.03. The van der Waals surface area contributed by atoms with Gasteiger partial charge >= 0.3 is 6.09 Å². The third-order valence-corrected chi connectivity index (χ3v) is 5.03. The lowest BCUT2D eigenvalue weighted by Crippen LogP contribution is -2.40. The van der Waals surface area contributed by atoms with Gasteiger partial charge in [-0.2, -0.15) is 10.4 Å². The molecular formula is C21H27N5O3. The van der Waals surface area contributed by atoms with Gasteiger partial charge < -0.3 is 14.4 Å². The van der Waals surface area contributed by atoms with Gasteiger partial charge in [-0.1, -0.05) is 0 Å². The van der Waals surface area contributed by atoms with Crippen LogP contribution in [0.1, 0.15) is 62.7 Å². The van der Waals surface area contributed by atoms with E-state index in [9.17, 15) is 10.1 Å². The van der Waals surface area contributed by atoms with Crippen LogP contribution in [0.3, 0.4) is 0 Å². The molecule has 1 saturated heterocycles. The van der Waals surface area contributed by atoms with Crippen LogP contribution < -0.4 is 4.74 Å². The molecule has 0 saturated carbocycles. The Kier molecular flexibility index (Phi) is 6.37. The van der Waals surface area contributed by atoms with Crippen molar-refractivity contribution in [2.45, 2.75) is 58.8 Å². The first-order valence-electron chi connectivity index (χ1n) is 9.92. The number of aryl methyl sites for hydroxylation is 1. The van der Waals surface area contributed by atoms with Gasteiger partial charge in [-0.25, -0.2) is 4.79 Å². The number of ether oxygens (including phenoxy) is 2. The Morgan fingerprint density at radius 1 is 1.31 bits per heavy atom. The van der Waals surface area contributed by atoms with Crippen molar-refractivity contribution in [1.82, 2.24) is 19.7 Å². The highest BCUT2D eigenvalue weighted by atomic mass is 16.6. The fraction of sp³-hybridized carbons (Fsp3) is 0.524. The second-order valence-electron chi connectivity index (χ2n) is 7.50. The zero-order valence-corrected chi connectivity index (χ0v) is 17.3. The number of amides is 1. The Hall–Kier alpha value is -3.08. The molecule has 3 rings (SSSR count). The van der Waals surface area contributed by atoms with Crippen molar-refractivity contribution in [2.24, 2.45) is 0 Å². The highest BCUT2D eigenvalue weighted by Gasteiger charge is 2.29. The highest BCUT2D eigenvalue weighted by molar-refractivity contribution is 5.67. The molecule has 0 spiro atoms. The minimum Gasteiger partial charge on any atom is -0.484 e. The molecule has 0 N–H and O–H groups in total. The zero-order chi connectivity index (χ0) is 21.0. The number of hydrogen-bond donors (Lipinski definition) is 0. The van der Waals surface area contributed by atoms with E-state index in [0.717, 1.165) is 24.1 Å². The molecule has 1 aliphatic rings. The van der Waals surface area contributed by atoms with E-state index < -0.39 is 0 Å². The Labute approximate surface area is 171 Å². The van der Waals surface area contributed by atoms with Gasteiger partial charge in [0.05, 0.1) is 24.0 Å². The van der Waals surface area contributed by atoms with Crippen LogP contribution in [-0.2, 0) is 4.74 Å². The number of hydrogen-bond acceptors (Lipinski definition) is 6. The standard InChI is InChI=1S/C21H27N5O3/c1-14(2)28-21(27)25-10-7-17(8-11-25)26-19(12-22)18(13-24-26)16(4)29-20-6-5-9-23-15(20)3/h5-6,9,13-14,16-17H,7-8,10-11H2,1-4H3. The van der Waals surface area contributed by atoms with Gasteiger partial charge in [0.1, 0.15) is 23.6 Å². The number of aromatic nitrogens is 3. The Morgan fingerprint density at radius 3 is 2.66 bits per heavy atom. The fourth-order valence-electron chi connectivity index (χ4n) is 3.48. The molecule has 154 valence electrons. The van der Waals surface area contributed by atoms with Gasteiger partial charge in [-0.15, -0.1) is 0 Å². The van der Waals surface area contributed by atoms with Gasteiger partial charge in [0.2, 0.25) is 0 Å². The second-order valence-corrected chi connectivity index (χ2v) is 7.50. The summed E-state index contributed by atoms with van der Waals surface area (Å²) in [6.45, 7) is 8.62. The predicted octanol–water partition coefficient (Wildman–Crippen LogP) is 3.78. The first-order chi connectivity index (χ1) is 13.9. The van der Waals surface area contributed by atoms with E-state index in [1.54, 1.807) is 22.0 Å². The molecule has 2 aromatic rings. The molecule has 8 heteroatoms. The van der Waals surface area contributed by atoms with Gasteiger partial charge in [0.25, 0.3) is 0 Å². The van der Waals surface area contributed by atoms with Crippen molar-refractivity contribution >= 4 is 6.09 Å². The number of carbonyl (C=O) groups excluding carboxylic acids is 1. The first kappa shape index (κ1) is 20.6. The van der Waals surface area contributed by atoms with E-state index in [-0.39, 0.29) is 24.3 Å². The average Bonchev–Trinajstić information content (AvgIpc) is 3.13. The van der Waals surface area contributed by atoms with Crippen LogP contribution in [0.15, 0.2) is 24.5 Å². The molecule has 0 aromatic carbocycles. The van der Waals surface area contributed by atoms with Gasteiger partial charge in [-0.05, 0) is 52.7 Å². The summed E-state index contributed by atoms with van der Waals surface area (Å²) in [5.74, 6) is 0.689. The van der Waals surface area contributed by atoms with Crippen LogP contribution in [0, 0.1) is 18.3 Å². The number of piperidine rings is 1. The molecule has 1 atom stereocenters. The van der Waals surface area contributed by atoms with Crippen molar-refractivity contribution in [3.63, 3.8) is 0 Å². The molecule has 29 heavy (non-hydrogen) atoms. The van der Waals surface area contributed by atoms with Crippen LogP contribution in [0.4, 0.5) is 4.79 Å². The Balaban J connectivity index is 1.70. The number of likely N-dealkylation sites (tertiary alicyclic amines) is 1. The molecule has 3 heterocycles. The summed E-state index contributed by atoms with van der Waals surface area (Å²) in [7, 11) is 0. The summed E-state index contributed by atoms with van der Waals surface area (Å²) in [5, 5.41) is 14.2. The van der Waals surface area contributed by atoms with Crippen LogP contribution in [0.2, 0.25) is 0 Å². The van der Waals surface area contributed by atoms with E-state index in [4.69, 9.17) is 9.47 Å². The van der Waals surface area contributed by atoms with Crippen LogP contribution in [-0.4, -0.2) is 45.0 Å². The monoisotopic (exact) mass is 397 g/mol. The summed E-state index contributed by atoms with van der Waals surface area (Å²) in [4.78, 5) is 18.0. The van der Waals surface area contributed by atoms with Gasteiger partial charge in [0, 0.05) is 24.8 Å². The van der Waals surface area contributed by atoms with E-state index in [1.807, 2.05) is 39.8 Å². The summed E-state index contributed by atoms with van der Waals surface area (Å²) in [6.07, 6.45) is 4.11. The van der Waals surface area contributed by atoms with Gasteiger partial charge in [0.15, 0.2) is 0 Å². The minimum atomic E-state index is -0.331. The van der Waals surface area contributed by atoms with Crippen molar-refractivity contribution in [2.75, 3.05) is 13.1 Å². The van der Waals surface area contributed by atoms with Gasteiger partial charge in [-0.3, -0.25) is 9.67 Å².